The summed E-state index contributed by atoms with van der Waals surface area (Å²) in [5.74, 6) is -0.101. The quantitative estimate of drug-likeness (QED) is 0.732. The Labute approximate surface area is 162 Å². The third kappa shape index (κ3) is 6.24. The zero-order valence-corrected chi connectivity index (χ0v) is 16.6. The fourth-order valence-corrected chi connectivity index (χ4v) is 3.16. The van der Waals surface area contributed by atoms with E-state index in [0.717, 1.165) is 23.1 Å². The lowest BCUT2D eigenvalue weighted by atomic mass is 10.1. The largest absolute Gasteiger partial charge is 0.354 e. The molecule has 1 atom stereocenters. The van der Waals surface area contributed by atoms with Gasteiger partial charge in [0.2, 0.25) is 11.8 Å². The van der Waals surface area contributed by atoms with Crippen LogP contribution in [0.1, 0.15) is 43.4 Å². The van der Waals surface area contributed by atoms with Gasteiger partial charge in [-0.3, -0.25) is 9.59 Å². The molecular formula is C23H30N2O2. The zero-order valence-electron chi connectivity index (χ0n) is 16.6. The number of benzene rings is 2. The smallest absolute Gasteiger partial charge is 0.242 e. The number of nitrogens with zero attached hydrogens (tertiary/aromatic N) is 1. The number of nitrogens with one attached hydrogen (secondary N) is 1. The van der Waals surface area contributed by atoms with E-state index in [1.807, 2.05) is 75.4 Å². The number of aryl methyl sites for hydroxylation is 1. The van der Waals surface area contributed by atoms with E-state index in [1.54, 1.807) is 4.90 Å². The lowest BCUT2D eigenvalue weighted by Gasteiger charge is -2.30. The number of hydrogen-bond acceptors (Lipinski definition) is 2. The van der Waals surface area contributed by atoms with Crippen LogP contribution in [0.4, 0.5) is 0 Å². The van der Waals surface area contributed by atoms with Crippen molar-refractivity contribution in [3.8, 4) is 0 Å². The van der Waals surface area contributed by atoms with E-state index >= 15 is 0 Å². The molecule has 0 radical (unpaired) electrons. The number of rotatable bonds is 9. The molecule has 0 spiro atoms. The third-order valence-electron chi connectivity index (χ3n) is 4.57. The number of hydrogen-bond donors (Lipinski definition) is 1. The van der Waals surface area contributed by atoms with E-state index in [9.17, 15) is 9.59 Å². The van der Waals surface area contributed by atoms with E-state index in [0.29, 0.717) is 25.9 Å². The summed E-state index contributed by atoms with van der Waals surface area (Å²) in [6.07, 6.45) is 1.76. The van der Waals surface area contributed by atoms with E-state index in [4.69, 9.17) is 0 Å². The molecule has 27 heavy (non-hydrogen) atoms. The van der Waals surface area contributed by atoms with Crippen molar-refractivity contribution >= 4 is 11.8 Å². The van der Waals surface area contributed by atoms with Gasteiger partial charge in [0.15, 0.2) is 0 Å². The highest BCUT2D eigenvalue weighted by Crippen LogP contribution is 2.15. The molecule has 4 heteroatoms. The van der Waals surface area contributed by atoms with Gasteiger partial charge in [-0.1, -0.05) is 74.0 Å². The second-order valence-corrected chi connectivity index (χ2v) is 6.89. The minimum absolute atomic E-state index is 0.0250. The van der Waals surface area contributed by atoms with Gasteiger partial charge in [0.05, 0.1) is 6.42 Å². The average molecular weight is 367 g/mol. The van der Waals surface area contributed by atoms with Crippen molar-refractivity contribution in [3.05, 3.63) is 71.3 Å². The molecule has 0 aliphatic rings. The van der Waals surface area contributed by atoms with Crippen molar-refractivity contribution in [1.29, 1.82) is 0 Å². The van der Waals surface area contributed by atoms with E-state index < -0.39 is 6.04 Å². The van der Waals surface area contributed by atoms with Crippen molar-refractivity contribution in [2.24, 2.45) is 0 Å². The average Bonchev–Trinajstić information content (AvgIpc) is 2.67. The Kier molecular flexibility index (Phi) is 8.05. The van der Waals surface area contributed by atoms with Crippen molar-refractivity contribution in [2.75, 3.05) is 6.54 Å². The molecule has 0 fully saturated rings. The van der Waals surface area contributed by atoms with Gasteiger partial charge in [-0.05, 0) is 30.9 Å². The highest BCUT2D eigenvalue weighted by atomic mass is 16.2. The predicted molar refractivity (Wildman–Crippen MR) is 109 cm³/mol. The summed E-state index contributed by atoms with van der Waals surface area (Å²) in [6.45, 7) is 7.05. The van der Waals surface area contributed by atoms with Gasteiger partial charge in [-0.15, -0.1) is 0 Å². The maximum Gasteiger partial charge on any atom is 0.242 e. The summed E-state index contributed by atoms with van der Waals surface area (Å²) < 4.78 is 0. The van der Waals surface area contributed by atoms with Gasteiger partial charge in [-0.25, -0.2) is 0 Å². The molecule has 0 aliphatic carbocycles. The number of carbonyl (C=O) groups excluding carboxylic acids is 2. The maximum atomic E-state index is 13.2. The van der Waals surface area contributed by atoms with Crippen LogP contribution in [0.2, 0.25) is 0 Å². The van der Waals surface area contributed by atoms with E-state index in [-0.39, 0.29) is 11.8 Å². The minimum Gasteiger partial charge on any atom is -0.354 e. The van der Waals surface area contributed by atoms with Crippen LogP contribution >= 0.6 is 0 Å². The van der Waals surface area contributed by atoms with Crippen LogP contribution < -0.4 is 5.32 Å². The third-order valence-corrected chi connectivity index (χ3v) is 4.57. The lowest BCUT2D eigenvalue weighted by molar-refractivity contribution is -0.140. The van der Waals surface area contributed by atoms with Gasteiger partial charge >= 0.3 is 0 Å². The molecule has 2 rings (SSSR count). The van der Waals surface area contributed by atoms with Crippen molar-refractivity contribution < 1.29 is 9.59 Å². The molecule has 0 saturated carbocycles. The Bertz CT molecular complexity index is 743. The molecule has 2 aromatic carbocycles. The van der Waals surface area contributed by atoms with Gasteiger partial charge < -0.3 is 10.2 Å². The standard InChI is InChI=1S/C23H30N2O2/c1-4-14-24-23(27)21(5-2)25(17-19-11-7-6-8-12-19)22(26)16-20-13-9-10-18(3)15-20/h6-13,15,21H,4-5,14,16-17H2,1-3H3,(H,24,27)/t21-/m0/s1. The number of amides is 2. The first-order valence-corrected chi connectivity index (χ1v) is 9.71. The van der Waals surface area contributed by atoms with Crippen LogP contribution in [-0.2, 0) is 22.6 Å². The normalized spacial score (nSPS) is 11.7. The first kappa shape index (κ1) is 20.7. The van der Waals surface area contributed by atoms with Gasteiger partial charge in [0, 0.05) is 13.1 Å². The Balaban J connectivity index is 2.24. The molecule has 0 saturated heterocycles. The number of carbonyl (C=O) groups is 2. The summed E-state index contributed by atoms with van der Waals surface area (Å²) in [5.41, 5.74) is 3.13. The van der Waals surface area contributed by atoms with Gasteiger partial charge in [0.25, 0.3) is 0 Å². The Morgan fingerprint density at radius 3 is 2.33 bits per heavy atom. The highest BCUT2D eigenvalue weighted by Gasteiger charge is 2.28. The second kappa shape index (κ2) is 10.5. The molecular weight excluding hydrogens is 336 g/mol. The molecule has 0 heterocycles. The SMILES string of the molecule is CCCNC(=O)[C@H](CC)N(Cc1ccccc1)C(=O)Cc1cccc(C)c1. The van der Waals surface area contributed by atoms with E-state index in [2.05, 4.69) is 5.32 Å². The van der Waals surface area contributed by atoms with Gasteiger partial charge in [-0.2, -0.15) is 0 Å². The first-order valence-electron chi connectivity index (χ1n) is 9.71. The lowest BCUT2D eigenvalue weighted by Crippen LogP contribution is -2.49. The molecule has 4 nitrogen and oxygen atoms in total. The molecule has 1 N–H and O–H groups in total. The Morgan fingerprint density at radius 1 is 1.00 bits per heavy atom. The molecule has 0 unspecified atom stereocenters. The summed E-state index contributed by atoms with van der Waals surface area (Å²) in [6, 6.07) is 17.3. The highest BCUT2D eigenvalue weighted by molar-refractivity contribution is 5.88. The molecule has 0 aromatic heterocycles. The van der Waals surface area contributed by atoms with Crippen molar-refractivity contribution in [1.82, 2.24) is 10.2 Å². The molecule has 2 aromatic rings. The topological polar surface area (TPSA) is 49.4 Å². The van der Waals surface area contributed by atoms with Crippen molar-refractivity contribution in [2.45, 2.75) is 52.6 Å². The summed E-state index contributed by atoms with van der Waals surface area (Å²) >= 11 is 0. The van der Waals surface area contributed by atoms with Crippen LogP contribution in [0.25, 0.3) is 0 Å². The summed E-state index contributed by atoms with van der Waals surface area (Å²) in [5, 5.41) is 2.94. The monoisotopic (exact) mass is 366 g/mol. The fraction of sp³-hybridized carbons (Fsp3) is 0.391. The van der Waals surface area contributed by atoms with Crippen LogP contribution in [0.5, 0.6) is 0 Å². The molecule has 0 aliphatic heterocycles. The van der Waals surface area contributed by atoms with Gasteiger partial charge in [0.1, 0.15) is 6.04 Å². The molecule has 0 bridgehead atoms. The van der Waals surface area contributed by atoms with E-state index in [1.165, 1.54) is 0 Å². The zero-order chi connectivity index (χ0) is 19.6. The Morgan fingerprint density at radius 2 is 1.70 bits per heavy atom. The van der Waals surface area contributed by atoms with Crippen LogP contribution in [0.15, 0.2) is 54.6 Å². The predicted octanol–water partition coefficient (Wildman–Crippen LogP) is 3.87. The first-order chi connectivity index (χ1) is 13.0. The van der Waals surface area contributed by atoms with Crippen LogP contribution in [0, 0.1) is 6.92 Å². The van der Waals surface area contributed by atoms with Crippen LogP contribution in [0.3, 0.4) is 0 Å². The Hall–Kier alpha value is -2.62. The molecule has 144 valence electrons. The maximum absolute atomic E-state index is 13.2. The summed E-state index contributed by atoms with van der Waals surface area (Å²) in [4.78, 5) is 27.5. The fourth-order valence-electron chi connectivity index (χ4n) is 3.16. The minimum atomic E-state index is -0.464. The second-order valence-electron chi connectivity index (χ2n) is 6.89. The molecule has 2 amide bonds. The van der Waals surface area contributed by atoms with Crippen LogP contribution in [-0.4, -0.2) is 29.3 Å². The summed E-state index contributed by atoms with van der Waals surface area (Å²) in [7, 11) is 0. The van der Waals surface area contributed by atoms with Crippen molar-refractivity contribution in [3.63, 3.8) is 0 Å².